The number of anilines is 1. The normalized spacial score (nSPS) is 13.5. The standard InChI is InChI=1S/C15H8ClNO4/c16-11-3-1-2-4-12(11)17-13(18)9-6-5-8(15(20)21)7-10(9)14(17)19/h1-7H,(H,20,21)/p-1. The van der Waals surface area contributed by atoms with E-state index in [1.807, 2.05) is 0 Å². The molecule has 21 heavy (non-hydrogen) atoms. The molecule has 1 heterocycles. The van der Waals surface area contributed by atoms with E-state index in [0.29, 0.717) is 0 Å². The minimum Gasteiger partial charge on any atom is -0.545 e. The first kappa shape index (κ1) is 13.3. The fraction of sp³-hybridized carbons (Fsp3) is 0. The zero-order valence-electron chi connectivity index (χ0n) is 10.5. The maximum Gasteiger partial charge on any atom is 0.266 e. The van der Waals surface area contributed by atoms with E-state index in [1.165, 1.54) is 12.1 Å². The number of imide groups is 1. The molecule has 0 aliphatic carbocycles. The summed E-state index contributed by atoms with van der Waals surface area (Å²) in [6.07, 6.45) is 0. The van der Waals surface area contributed by atoms with Crippen LogP contribution in [0, 0.1) is 0 Å². The maximum absolute atomic E-state index is 12.4. The third-order valence-corrected chi connectivity index (χ3v) is 3.54. The second kappa shape index (κ2) is 4.71. The molecular formula is C15H7ClNO4-. The van der Waals surface area contributed by atoms with Crippen LogP contribution in [0.1, 0.15) is 31.1 Å². The predicted octanol–water partition coefficient (Wildman–Crippen LogP) is 1.50. The summed E-state index contributed by atoms with van der Waals surface area (Å²) in [5.41, 5.74) is 0.280. The highest BCUT2D eigenvalue weighted by Crippen LogP contribution is 2.33. The number of carbonyl (C=O) groups excluding carboxylic acids is 3. The Morgan fingerprint density at radius 3 is 2.33 bits per heavy atom. The van der Waals surface area contributed by atoms with Crippen LogP contribution in [0.15, 0.2) is 42.5 Å². The number of carbonyl (C=O) groups is 3. The number of aromatic carboxylic acids is 1. The van der Waals surface area contributed by atoms with Crippen LogP contribution < -0.4 is 10.0 Å². The largest absolute Gasteiger partial charge is 0.545 e. The highest BCUT2D eigenvalue weighted by Gasteiger charge is 2.37. The zero-order chi connectivity index (χ0) is 15.1. The summed E-state index contributed by atoms with van der Waals surface area (Å²) in [5, 5.41) is 11.1. The van der Waals surface area contributed by atoms with Gasteiger partial charge in [-0.05, 0) is 29.8 Å². The van der Waals surface area contributed by atoms with Gasteiger partial charge in [0.15, 0.2) is 0 Å². The number of rotatable bonds is 2. The van der Waals surface area contributed by atoms with Gasteiger partial charge in [0, 0.05) is 0 Å². The molecule has 0 spiro atoms. The van der Waals surface area contributed by atoms with E-state index in [9.17, 15) is 19.5 Å². The monoisotopic (exact) mass is 300 g/mol. The lowest BCUT2D eigenvalue weighted by Crippen LogP contribution is -2.29. The molecule has 0 saturated carbocycles. The van der Waals surface area contributed by atoms with Crippen LogP contribution in [0.3, 0.4) is 0 Å². The van der Waals surface area contributed by atoms with E-state index in [2.05, 4.69) is 0 Å². The van der Waals surface area contributed by atoms with Gasteiger partial charge < -0.3 is 9.90 Å². The Bertz CT molecular complexity index is 800. The summed E-state index contributed by atoms with van der Waals surface area (Å²) in [6.45, 7) is 0. The van der Waals surface area contributed by atoms with Crippen LogP contribution in [-0.4, -0.2) is 17.8 Å². The number of halogens is 1. The third kappa shape index (κ3) is 1.98. The van der Waals surface area contributed by atoms with Crippen molar-refractivity contribution in [1.82, 2.24) is 0 Å². The maximum atomic E-state index is 12.4. The summed E-state index contributed by atoms with van der Waals surface area (Å²) in [5.74, 6) is -2.55. The number of amides is 2. The van der Waals surface area contributed by atoms with Crippen molar-refractivity contribution in [2.45, 2.75) is 0 Å². The van der Waals surface area contributed by atoms with Gasteiger partial charge in [-0.1, -0.05) is 29.8 Å². The minimum absolute atomic E-state index is 0.0293. The van der Waals surface area contributed by atoms with Gasteiger partial charge in [0.1, 0.15) is 0 Å². The summed E-state index contributed by atoms with van der Waals surface area (Å²) in [6, 6.07) is 10.1. The Hall–Kier alpha value is -2.66. The summed E-state index contributed by atoms with van der Waals surface area (Å²) >= 11 is 6.01. The highest BCUT2D eigenvalue weighted by atomic mass is 35.5. The Labute approximate surface area is 124 Å². The predicted molar refractivity (Wildman–Crippen MR) is 73.4 cm³/mol. The minimum atomic E-state index is -1.41. The van der Waals surface area contributed by atoms with Crippen molar-refractivity contribution in [3.8, 4) is 0 Å². The molecule has 2 aromatic rings. The fourth-order valence-corrected chi connectivity index (χ4v) is 2.44. The fourth-order valence-electron chi connectivity index (χ4n) is 2.22. The molecule has 1 aliphatic heterocycles. The number of nitrogens with zero attached hydrogens (tertiary/aromatic N) is 1. The van der Waals surface area contributed by atoms with Crippen LogP contribution in [0.5, 0.6) is 0 Å². The number of hydrogen-bond acceptors (Lipinski definition) is 4. The van der Waals surface area contributed by atoms with Crippen LogP contribution in [0.2, 0.25) is 5.02 Å². The first-order valence-corrected chi connectivity index (χ1v) is 6.37. The number of benzene rings is 2. The Balaban J connectivity index is 2.13. The Morgan fingerprint density at radius 1 is 1.00 bits per heavy atom. The van der Waals surface area contributed by atoms with Crippen molar-refractivity contribution in [2.75, 3.05) is 4.90 Å². The molecule has 6 heteroatoms. The molecule has 0 fully saturated rings. The van der Waals surface area contributed by atoms with Gasteiger partial charge in [-0.2, -0.15) is 0 Å². The molecule has 104 valence electrons. The summed E-state index contributed by atoms with van der Waals surface area (Å²) in [7, 11) is 0. The van der Waals surface area contributed by atoms with E-state index >= 15 is 0 Å². The zero-order valence-corrected chi connectivity index (χ0v) is 11.3. The highest BCUT2D eigenvalue weighted by molar-refractivity contribution is 6.39. The molecule has 3 rings (SSSR count). The third-order valence-electron chi connectivity index (χ3n) is 3.22. The van der Waals surface area contributed by atoms with Crippen LogP contribution >= 0.6 is 11.6 Å². The van der Waals surface area contributed by atoms with Crippen LogP contribution in [-0.2, 0) is 0 Å². The second-order valence-electron chi connectivity index (χ2n) is 4.44. The molecule has 0 unspecified atom stereocenters. The van der Waals surface area contributed by atoms with Crippen molar-refractivity contribution >= 4 is 35.1 Å². The number of fused-ring (bicyclic) bond motifs is 1. The van der Waals surface area contributed by atoms with Gasteiger partial charge in [0.2, 0.25) is 0 Å². The molecule has 0 saturated heterocycles. The number of para-hydroxylation sites is 1. The molecule has 0 bridgehead atoms. The van der Waals surface area contributed by atoms with E-state index < -0.39 is 17.8 Å². The lowest BCUT2D eigenvalue weighted by atomic mass is 10.1. The van der Waals surface area contributed by atoms with Crippen LogP contribution in [0.25, 0.3) is 0 Å². The summed E-state index contributed by atoms with van der Waals surface area (Å²) < 4.78 is 0. The molecule has 5 nitrogen and oxygen atoms in total. The first-order chi connectivity index (χ1) is 10.0. The van der Waals surface area contributed by atoms with Crippen molar-refractivity contribution in [3.63, 3.8) is 0 Å². The van der Waals surface area contributed by atoms with E-state index in [4.69, 9.17) is 11.6 Å². The summed E-state index contributed by atoms with van der Waals surface area (Å²) in [4.78, 5) is 36.5. The lowest BCUT2D eigenvalue weighted by Gasteiger charge is -2.15. The Kier molecular flexibility index (Phi) is 2.99. The molecule has 0 radical (unpaired) electrons. The van der Waals surface area contributed by atoms with Gasteiger partial charge in [-0.25, -0.2) is 4.90 Å². The smallest absolute Gasteiger partial charge is 0.266 e. The average molecular weight is 301 g/mol. The number of hydrogen-bond donors (Lipinski definition) is 0. The van der Waals surface area contributed by atoms with E-state index in [0.717, 1.165) is 11.0 Å². The lowest BCUT2D eigenvalue weighted by molar-refractivity contribution is -0.255. The van der Waals surface area contributed by atoms with Crippen molar-refractivity contribution in [3.05, 3.63) is 64.2 Å². The quantitative estimate of drug-likeness (QED) is 0.788. The van der Waals surface area contributed by atoms with Crippen molar-refractivity contribution in [2.24, 2.45) is 0 Å². The number of carboxylic acid groups (broad SMARTS) is 1. The number of carboxylic acids is 1. The average Bonchev–Trinajstić information content (AvgIpc) is 2.71. The van der Waals surface area contributed by atoms with E-state index in [-0.39, 0.29) is 27.4 Å². The first-order valence-electron chi connectivity index (χ1n) is 5.99. The van der Waals surface area contributed by atoms with Gasteiger partial charge in [0.05, 0.1) is 27.8 Å². The molecule has 1 aliphatic rings. The molecule has 2 amide bonds. The van der Waals surface area contributed by atoms with Gasteiger partial charge in [0.25, 0.3) is 11.8 Å². The van der Waals surface area contributed by atoms with Gasteiger partial charge in [-0.15, -0.1) is 0 Å². The Morgan fingerprint density at radius 2 is 1.67 bits per heavy atom. The van der Waals surface area contributed by atoms with E-state index in [1.54, 1.807) is 24.3 Å². The second-order valence-corrected chi connectivity index (χ2v) is 4.85. The molecule has 2 aromatic carbocycles. The topological polar surface area (TPSA) is 77.5 Å². The SMILES string of the molecule is O=C([O-])c1ccc2c(c1)C(=O)N(c1ccccc1Cl)C2=O. The molecule has 0 aromatic heterocycles. The van der Waals surface area contributed by atoms with Gasteiger partial charge in [-0.3, -0.25) is 9.59 Å². The molecule has 0 atom stereocenters. The van der Waals surface area contributed by atoms with Crippen molar-refractivity contribution < 1.29 is 19.5 Å². The van der Waals surface area contributed by atoms with Gasteiger partial charge >= 0.3 is 0 Å². The van der Waals surface area contributed by atoms with Crippen molar-refractivity contribution in [1.29, 1.82) is 0 Å². The van der Waals surface area contributed by atoms with Crippen LogP contribution in [0.4, 0.5) is 5.69 Å². The molecular weight excluding hydrogens is 294 g/mol. The molecule has 0 N–H and O–H groups in total.